The van der Waals surface area contributed by atoms with Gasteiger partial charge in [-0.3, -0.25) is 0 Å². The standard InChI is InChI=1S/C11H22FNS/c1-13-8-5-7-11(12,10-13)6-3-4-9-14-2/h3-10H2,1-2H3. The molecular weight excluding hydrogens is 197 g/mol. The van der Waals surface area contributed by atoms with Crippen LogP contribution in [0.4, 0.5) is 4.39 Å². The first-order valence-electron chi connectivity index (χ1n) is 5.53. The van der Waals surface area contributed by atoms with Gasteiger partial charge in [-0.1, -0.05) is 0 Å². The Morgan fingerprint density at radius 2 is 2.21 bits per heavy atom. The van der Waals surface area contributed by atoms with Crippen LogP contribution in [0.5, 0.6) is 0 Å². The number of alkyl halides is 1. The molecule has 1 saturated heterocycles. The number of unbranched alkanes of at least 4 members (excludes halogenated alkanes) is 1. The lowest BCUT2D eigenvalue weighted by atomic mass is 9.90. The highest BCUT2D eigenvalue weighted by molar-refractivity contribution is 7.98. The molecule has 14 heavy (non-hydrogen) atoms. The van der Waals surface area contributed by atoms with E-state index in [2.05, 4.69) is 11.2 Å². The van der Waals surface area contributed by atoms with Crippen LogP contribution in [0.3, 0.4) is 0 Å². The van der Waals surface area contributed by atoms with Crippen LogP contribution in [-0.4, -0.2) is 42.7 Å². The average Bonchev–Trinajstić information content (AvgIpc) is 2.12. The highest BCUT2D eigenvalue weighted by Gasteiger charge is 2.33. The minimum absolute atomic E-state index is 0.645. The molecule has 1 heterocycles. The Morgan fingerprint density at radius 3 is 2.86 bits per heavy atom. The zero-order chi connectivity index (χ0) is 10.4. The average molecular weight is 219 g/mol. The van der Waals surface area contributed by atoms with E-state index in [-0.39, 0.29) is 0 Å². The molecule has 3 heteroatoms. The van der Waals surface area contributed by atoms with Crippen LogP contribution in [0.15, 0.2) is 0 Å². The molecule has 0 aromatic rings. The van der Waals surface area contributed by atoms with E-state index in [0.29, 0.717) is 6.54 Å². The first kappa shape index (κ1) is 12.3. The molecule has 1 atom stereocenters. The molecule has 0 amide bonds. The highest BCUT2D eigenvalue weighted by atomic mass is 32.2. The minimum atomic E-state index is -0.884. The van der Waals surface area contributed by atoms with Crippen molar-refractivity contribution in [1.29, 1.82) is 0 Å². The summed E-state index contributed by atoms with van der Waals surface area (Å²) in [6.45, 7) is 1.71. The van der Waals surface area contributed by atoms with Crippen molar-refractivity contribution in [2.75, 3.05) is 32.1 Å². The lowest BCUT2D eigenvalue weighted by Gasteiger charge is -2.35. The predicted molar refractivity (Wildman–Crippen MR) is 62.8 cm³/mol. The van der Waals surface area contributed by atoms with Crippen molar-refractivity contribution >= 4 is 11.8 Å². The van der Waals surface area contributed by atoms with Crippen LogP contribution >= 0.6 is 11.8 Å². The Hall–Kier alpha value is 0.240. The molecular formula is C11H22FNS. The third-order valence-electron chi connectivity index (χ3n) is 2.94. The molecule has 0 aliphatic carbocycles. The van der Waals surface area contributed by atoms with E-state index in [4.69, 9.17) is 0 Å². The summed E-state index contributed by atoms with van der Waals surface area (Å²) < 4.78 is 14.2. The van der Waals surface area contributed by atoms with Gasteiger partial charge < -0.3 is 4.90 Å². The van der Waals surface area contributed by atoms with Gasteiger partial charge in [-0.25, -0.2) is 4.39 Å². The van der Waals surface area contributed by atoms with Gasteiger partial charge >= 0.3 is 0 Å². The predicted octanol–water partition coefficient (Wildman–Crippen LogP) is 2.95. The lowest BCUT2D eigenvalue weighted by Crippen LogP contribution is -2.43. The molecule has 0 aromatic heterocycles. The number of rotatable bonds is 5. The van der Waals surface area contributed by atoms with Crippen LogP contribution in [0.1, 0.15) is 32.1 Å². The second kappa shape index (κ2) is 5.96. The summed E-state index contributed by atoms with van der Waals surface area (Å²) in [5.74, 6) is 1.17. The Morgan fingerprint density at radius 1 is 1.43 bits per heavy atom. The van der Waals surface area contributed by atoms with E-state index in [9.17, 15) is 4.39 Å². The van der Waals surface area contributed by atoms with Crippen LogP contribution in [0.25, 0.3) is 0 Å². The zero-order valence-electron chi connectivity index (χ0n) is 9.39. The third kappa shape index (κ3) is 4.18. The summed E-state index contributed by atoms with van der Waals surface area (Å²) in [4.78, 5) is 2.12. The Balaban J connectivity index is 2.19. The molecule has 1 nitrogen and oxygen atoms in total. The molecule has 1 aliphatic heterocycles. The van der Waals surface area contributed by atoms with Crippen LogP contribution in [0.2, 0.25) is 0 Å². The second-order valence-electron chi connectivity index (χ2n) is 4.44. The van der Waals surface area contributed by atoms with Crippen molar-refractivity contribution in [2.24, 2.45) is 0 Å². The maximum absolute atomic E-state index is 14.2. The maximum atomic E-state index is 14.2. The van der Waals surface area contributed by atoms with Crippen molar-refractivity contribution in [3.63, 3.8) is 0 Å². The quantitative estimate of drug-likeness (QED) is 0.654. The number of halogens is 1. The Labute approximate surface area is 91.4 Å². The molecule has 0 radical (unpaired) electrons. The second-order valence-corrected chi connectivity index (χ2v) is 5.43. The molecule has 0 spiro atoms. The molecule has 1 rings (SSSR count). The molecule has 84 valence electrons. The number of hydrogen-bond donors (Lipinski definition) is 0. The first-order chi connectivity index (χ1) is 6.66. The van der Waals surface area contributed by atoms with Crippen LogP contribution < -0.4 is 0 Å². The molecule has 0 aromatic carbocycles. The lowest BCUT2D eigenvalue weighted by molar-refractivity contribution is 0.0491. The molecule has 0 N–H and O–H groups in total. The van der Waals surface area contributed by atoms with Crippen molar-refractivity contribution in [1.82, 2.24) is 4.90 Å². The number of nitrogens with zero attached hydrogens (tertiary/aromatic N) is 1. The zero-order valence-corrected chi connectivity index (χ0v) is 10.2. The monoisotopic (exact) mass is 219 g/mol. The topological polar surface area (TPSA) is 3.24 Å². The summed E-state index contributed by atoms with van der Waals surface area (Å²) in [5.41, 5.74) is -0.884. The van der Waals surface area contributed by atoms with Gasteiger partial charge in [-0.2, -0.15) is 11.8 Å². The van der Waals surface area contributed by atoms with Crippen LogP contribution in [-0.2, 0) is 0 Å². The van der Waals surface area contributed by atoms with Gasteiger partial charge in [0, 0.05) is 6.54 Å². The fourth-order valence-corrected chi connectivity index (χ4v) is 2.69. The largest absolute Gasteiger partial charge is 0.303 e. The van der Waals surface area contributed by atoms with Crippen molar-refractivity contribution in [3.8, 4) is 0 Å². The number of hydrogen-bond acceptors (Lipinski definition) is 2. The highest BCUT2D eigenvalue weighted by Crippen LogP contribution is 2.29. The van der Waals surface area contributed by atoms with E-state index in [1.165, 1.54) is 5.75 Å². The molecule has 1 aliphatic rings. The van der Waals surface area contributed by atoms with Gasteiger partial charge in [0.2, 0.25) is 0 Å². The Bertz CT molecular complexity index is 165. The number of thioether (sulfide) groups is 1. The van der Waals surface area contributed by atoms with Crippen LogP contribution in [0, 0.1) is 0 Å². The Kier molecular flexibility index (Phi) is 5.24. The van der Waals surface area contributed by atoms with E-state index in [1.807, 2.05) is 18.8 Å². The summed E-state index contributed by atoms with van der Waals surface area (Å²) in [6, 6.07) is 0. The number of likely N-dealkylation sites (tertiary alicyclic amines) is 1. The summed E-state index contributed by atoms with van der Waals surface area (Å²) in [6.07, 6.45) is 6.88. The molecule has 1 fully saturated rings. The fraction of sp³-hybridized carbons (Fsp3) is 1.00. The van der Waals surface area contributed by atoms with E-state index >= 15 is 0 Å². The van der Waals surface area contributed by atoms with Gasteiger partial charge in [0.25, 0.3) is 0 Å². The summed E-state index contributed by atoms with van der Waals surface area (Å²) in [5, 5.41) is 0. The van der Waals surface area contributed by atoms with Crippen molar-refractivity contribution < 1.29 is 4.39 Å². The smallest absolute Gasteiger partial charge is 0.123 e. The number of piperidine rings is 1. The summed E-state index contributed by atoms with van der Waals surface area (Å²) >= 11 is 1.85. The maximum Gasteiger partial charge on any atom is 0.123 e. The van der Waals surface area contributed by atoms with Crippen molar-refractivity contribution in [3.05, 3.63) is 0 Å². The van der Waals surface area contributed by atoms with E-state index in [1.54, 1.807) is 0 Å². The molecule has 0 bridgehead atoms. The van der Waals surface area contributed by atoms with Gasteiger partial charge in [0.05, 0.1) is 0 Å². The summed E-state index contributed by atoms with van der Waals surface area (Å²) in [7, 11) is 2.02. The molecule has 1 unspecified atom stereocenters. The minimum Gasteiger partial charge on any atom is -0.303 e. The van der Waals surface area contributed by atoms with E-state index in [0.717, 1.165) is 38.6 Å². The van der Waals surface area contributed by atoms with Gasteiger partial charge in [0.15, 0.2) is 0 Å². The van der Waals surface area contributed by atoms with Crippen molar-refractivity contribution in [2.45, 2.75) is 37.8 Å². The molecule has 0 saturated carbocycles. The van der Waals surface area contributed by atoms with E-state index < -0.39 is 5.67 Å². The third-order valence-corrected chi connectivity index (χ3v) is 3.64. The SMILES string of the molecule is CSCCCCC1(F)CCCN(C)C1. The normalized spacial score (nSPS) is 29.4. The van der Waals surface area contributed by atoms with Gasteiger partial charge in [-0.15, -0.1) is 0 Å². The first-order valence-corrected chi connectivity index (χ1v) is 6.92. The fourth-order valence-electron chi connectivity index (χ4n) is 2.20. The van der Waals surface area contributed by atoms with Gasteiger partial charge in [0.1, 0.15) is 5.67 Å². The van der Waals surface area contributed by atoms with Gasteiger partial charge in [-0.05, 0) is 57.7 Å².